The Morgan fingerprint density at radius 3 is 1.03 bits per heavy atom. The molecule has 4 aliphatic carbocycles. The molecule has 2 atom stereocenters. The van der Waals surface area contributed by atoms with Crippen LogP contribution in [0.25, 0.3) is 127 Å². The van der Waals surface area contributed by atoms with Crippen molar-refractivity contribution in [3.05, 3.63) is 434 Å². The molecule has 6 aliphatic rings. The van der Waals surface area contributed by atoms with E-state index in [1.54, 1.807) is 0 Å². The number of allylic oxidation sites excluding steroid dienone is 14. The van der Waals surface area contributed by atoms with E-state index >= 15 is 0 Å². The van der Waals surface area contributed by atoms with E-state index < -0.39 is 0 Å². The van der Waals surface area contributed by atoms with Crippen molar-refractivity contribution in [3.8, 4) is 78.1 Å². The fraction of sp³-hybridized carbons (Fsp3) is 0.0545. The second-order valence-corrected chi connectivity index (χ2v) is 32.7. The second kappa shape index (κ2) is 26.2. The third-order valence-electron chi connectivity index (χ3n) is 25.1. The lowest BCUT2D eigenvalue weighted by molar-refractivity contribution is 0.500. The van der Waals surface area contributed by atoms with Gasteiger partial charge in [-0.05, 0) is 184 Å². The van der Waals surface area contributed by atoms with E-state index in [9.17, 15) is 0 Å². The molecule has 5 heteroatoms. The summed E-state index contributed by atoms with van der Waals surface area (Å²) in [7, 11) is 0. The molecule has 0 spiro atoms. The number of nitrogens with zero attached hydrogens (tertiary/aromatic N) is 4. The number of fused-ring (bicyclic) bond motifs is 10. The van der Waals surface area contributed by atoms with Crippen molar-refractivity contribution in [2.45, 2.75) is 20.8 Å². The highest BCUT2D eigenvalue weighted by molar-refractivity contribution is 7.00. The van der Waals surface area contributed by atoms with Crippen LogP contribution < -0.4 is 26.2 Å². The smallest absolute Gasteiger partial charge is 0.252 e. The zero-order valence-corrected chi connectivity index (χ0v) is 64.1. The van der Waals surface area contributed by atoms with E-state index in [2.05, 4.69) is 440 Å². The van der Waals surface area contributed by atoms with Crippen molar-refractivity contribution in [3.63, 3.8) is 0 Å². The molecule has 17 aromatic rings. The van der Waals surface area contributed by atoms with Gasteiger partial charge in [-0.3, -0.25) is 0 Å². The minimum absolute atomic E-state index is 0.0252. The van der Waals surface area contributed by atoms with Crippen LogP contribution >= 0.6 is 0 Å². The average molecular weight is 1470 g/mol. The Bertz CT molecular complexity index is 6940. The Morgan fingerprint density at radius 2 is 0.617 bits per heavy atom. The van der Waals surface area contributed by atoms with Crippen LogP contribution in [0.1, 0.15) is 26.3 Å². The number of benzene rings is 15. The van der Waals surface area contributed by atoms with Gasteiger partial charge in [-0.15, -0.1) is 0 Å². The molecule has 2 unspecified atom stereocenters. The Hall–Kier alpha value is -14.3. The number of rotatable bonds is 11. The zero-order valence-electron chi connectivity index (χ0n) is 64.1. The molecule has 15 aromatic carbocycles. The maximum absolute atomic E-state index is 2.74. The molecule has 0 N–H and O–H groups in total. The fourth-order valence-corrected chi connectivity index (χ4v) is 19.9. The van der Waals surface area contributed by atoms with Gasteiger partial charge in [0.05, 0.1) is 39.1 Å². The van der Waals surface area contributed by atoms with E-state index in [1.807, 2.05) is 0 Å². The van der Waals surface area contributed by atoms with Gasteiger partial charge in [0, 0.05) is 84.1 Å². The molecule has 4 heterocycles. The largest absolute Gasteiger partial charge is 0.310 e. The van der Waals surface area contributed by atoms with Crippen molar-refractivity contribution in [1.82, 2.24) is 9.13 Å². The van der Waals surface area contributed by atoms with Crippen molar-refractivity contribution >= 4 is 106 Å². The topological polar surface area (TPSA) is 16.3 Å². The van der Waals surface area contributed by atoms with E-state index in [0.29, 0.717) is 0 Å². The van der Waals surface area contributed by atoms with Gasteiger partial charge in [-0.2, -0.15) is 0 Å². The molecule has 0 saturated heterocycles. The van der Waals surface area contributed by atoms with Gasteiger partial charge in [-0.1, -0.05) is 342 Å². The van der Waals surface area contributed by atoms with Crippen LogP contribution in [0.3, 0.4) is 0 Å². The highest BCUT2D eigenvalue weighted by Crippen LogP contribution is 2.58. The van der Waals surface area contributed by atoms with Crippen LogP contribution in [0.4, 0.5) is 34.1 Å². The van der Waals surface area contributed by atoms with E-state index in [4.69, 9.17) is 0 Å². The summed E-state index contributed by atoms with van der Waals surface area (Å²) < 4.78 is 5.07. The molecule has 0 amide bonds. The molecule has 0 bridgehead atoms. The average Bonchev–Trinajstić information content (AvgIpc) is 1.46. The molecular formula is C110H77BN4. The lowest BCUT2D eigenvalue weighted by Crippen LogP contribution is -2.61. The Kier molecular flexibility index (Phi) is 15.1. The summed E-state index contributed by atoms with van der Waals surface area (Å²) in [5.74, 6) is 0.478. The minimum atomic E-state index is -0.305. The molecule has 0 saturated carbocycles. The highest BCUT2D eigenvalue weighted by atomic mass is 15.2. The monoisotopic (exact) mass is 1460 g/mol. The predicted octanol–water partition coefficient (Wildman–Crippen LogP) is 26.9. The third-order valence-corrected chi connectivity index (χ3v) is 25.1. The first-order chi connectivity index (χ1) is 56.7. The fourth-order valence-electron chi connectivity index (χ4n) is 19.9. The van der Waals surface area contributed by atoms with Crippen molar-refractivity contribution in [2.75, 3.05) is 9.80 Å². The molecule has 4 nitrogen and oxygen atoms in total. The van der Waals surface area contributed by atoms with Crippen LogP contribution in [0.15, 0.2) is 428 Å². The number of para-hydroxylation sites is 4. The van der Waals surface area contributed by atoms with E-state index in [1.165, 1.54) is 71.4 Å². The summed E-state index contributed by atoms with van der Waals surface area (Å²) in [5, 5.41) is 4.83. The molecule has 23 rings (SSSR count). The molecule has 0 radical (unpaired) electrons. The molecule has 2 aliphatic heterocycles. The Balaban J connectivity index is 0.892. The maximum atomic E-state index is 2.74. The molecular weight excluding hydrogens is 1390 g/mol. The highest BCUT2D eigenvalue weighted by Gasteiger charge is 2.47. The summed E-state index contributed by atoms with van der Waals surface area (Å²) in [6.45, 7) is 6.70. The van der Waals surface area contributed by atoms with Gasteiger partial charge in [0.15, 0.2) is 0 Å². The maximum Gasteiger partial charge on any atom is 0.252 e. The van der Waals surface area contributed by atoms with Crippen LogP contribution in [0.2, 0.25) is 0 Å². The minimum Gasteiger partial charge on any atom is -0.310 e. The van der Waals surface area contributed by atoms with Gasteiger partial charge < -0.3 is 18.9 Å². The second-order valence-electron chi connectivity index (χ2n) is 32.7. The Labute approximate surface area is 670 Å². The summed E-state index contributed by atoms with van der Waals surface area (Å²) >= 11 is 0. The normalized spacial score (nSPS) is 15.7. The van der Waals surface area contributed by atoms with Crippen LogP contribution in [-0.2, 0) is 0 Å². The number of anilines is 6. The summed E-state index contributed by atoms with van der Waals surface area (Å²) in [5.41, 5.74) is 39.6. The van der Waals surface area contributed by atoms with Crippen LogP contribution in [0, 0.1) is 17.3 Å². The van der Waals surface area contributed by atoms with Gasteiger partial charge >= 0.3 is 0 Å². The first kappa shape index (κ1) is 66.5. The Morgan fingerprint density at radius 1 is 0.270 bits per heavy atom. The van der Waals surface area contributed by atoms with Gasteiger partial charge in [0.25, 0.3) is 6.71 Å². The summed E-state index contributed by atoms with van der Waals surface area (Å²) in [6, 6.07) is 133. The van der Waals surface area contributed by atoms with Crippen molar-refractivity contribution in [1.29, 1.82) is 0 Å². The molecule has 0 fully saturated rings. The zero-order chi connectivity index (χ0) is 76.1. The van der Waals surface area contributed by atoms with Crippen molar-refractivity contribution < 1.29 is 0 Å². The quantitative estimate of drug-likeness (QED) is 0.120. The molecule has 115 heavy (non-hydrogen) atoms. The first-order valence-electron chi connectivity index (χ1n) is 40.4. The lowest BCUT2D eigenvalue weighted by Gasteiger charge is -2.46. The number of hydrogen-bond donors (Lipinski definition) is 0. The van der Waals surface area contributed by atoms with Crippen LogP contribution in [0.5, 0.6) is 0 Å². The van der Waals surface area contributed by atoms with Gasteiger partial charge in [0.1, 0.15) is 0 Å². The molecule has 2 aromatic heterocycles. The summed E-state index contributed by atoms with van der Waals surface area (Å²) in [6.07, 6.45) is 19.7. The van der Waals surface area contributed by atoms with Crippen molar-refractivity contribution in [2.24, 2.45) is 17.3 Å². The van der Waals surface area contributed by atoms with Crippen LogP contribution in [-0.4, -0.2) is 15.8 Å². The number of hydrogen-bond acceptors (Lipinski definition) is 2. The third kappa shape index (κ3) is 10.6. The molecule has 540 valence electrons. The predicted molar refractivity (Wildman–Crippen MR) is 486 cm³/mol. The standard InChI is InChI=1S/C110H77BN4/c1-110(2,3)84-60-79-52-50-77-58-81(59-78-51-53-80(61-84)106(79)105(77)78)76-54-56-95-101(66-76)114(108-91(72-34-14-6-15-35-72)62-82(70-30-10-4-11-31-70)63-92(108)73-36-16-7-17-37-73)103-68-86(113-99-48-28-24-44-89(99)90-45-25-29-49-100(90)113)69-104-107(103)111(95)96-57-55-85(112-97-46-26-22-42-87(97)88-43-23-27-47-98(88)112)67-102(96)115(104)109-93(74-38-18-8-19-39-74)64-83(71-32-12-5-13-33-71)65-94(109)75-40-20-9-21-41-75/h4-69,105-106H,1-3H3. The van der Waals surface area contributed by atoms with E-state index in [-0.39, 0.29) is 24.0 Å². The van der Waals surface area contributed by atoms with Gasteiger partial charge in [-0.25, -0.2) is 0 Å². The SMILES string of the molecule is CC(C)(C)C1=CC2=CC=C3C=C(c4ccc5c(c4)N(c4c(-c6ccccc6)cc(-c6ccccc6)cc4-c4ccccc4)c4cc(-n6c7ccccc7c7ccccc76)cc6c4B5c4ccc(-n5c7ccccc7c7ccccc75)cc4N6c4c(-c5ccccc5)cc(-c5ccccc5)cc4-c4ccccc4)C=C4C=CC(=C1)C2C34. The summed E-state index contributed by atoms with van der Waals surface area (Å²) in [4.78, 5) is 5.46. The van der Waals surface area contributed by atoms with Gasteiger partial charge in [0.2, 0.25) is 0 Å². The lowest BCUT2D eigenvalue weighted by atomic mass is 9.33. The number of aromatic nitrogens is 2. The van der Waals surface area contributed by atoms with E-state index in [0.717, 1.165) is 140 Å². The first-order valence-corrected chi connectivity index (χ1v) is 40.4.